The Morgan fingerprint density at radius 1 is 1.16 bits per heavy atom. The van der Waals surface area contributed by atoms with Crippen molar-refractivity contribution >= 4 is 45.9 Å². The predicted molar refractivity (Wildman–Crippen MR) is 123 cm³/mol. The smallest absolute Gasteiger partial charge is 0.292 e. The van der Waals surface area contributed by atoms with E-state index in [9.17, 15) is 9.18 Å². The second-order valence-electron chi connectivity index (χ2n) is 6.56. The SMILES string of the molecule is O=C(Nc1ccn(Cc2c(F)cccc2Cl)n1)c1ccc(COc2ccc(I)cc2)o1. The van der Waals surface area contributed by atoms with Gasteiger partial charge in [-0.3, -0.25) is 9.48 Å². The van der Waals surface area contributed by atoms with Crippen LogP contribution in [0.2, 0.25) is 5.02 Å². The largest absolute Gasteiger partial charge is 0.486 e. The number of nitrogens with zero attached hydrogens (tertiary/aromatic N) is 2. The number of amides is 1. The zero-order valence-corrected chi connectivity index (χ0v) is 18.9. The first kappa shape index (κ1) is 21.4. The van der Waals surface area contributed by atoms with Crippen molar-refractivity contribution in [1.29, 1.82) is 0 Å². The summed E-state index contributed by atoms with van der Waals surface area (Å²) in [6.07, 6.45) is 1.63. The van der Waals surface area contributed by atoms with E-state index < -0.39 is 11.7 Å². The third-order valence-corrected chi connectivity index (χ3v) is 5.42. The Bertz CT molecular complexity index is 1190. The molecule has 0 atom stereocenters. The van der Waals surface area contributed by atoms with Crippen LogP contribution in [0.4, 0.5) is 10.2 Å². The maximum Gasteiger partial charge on any atom is 0.292 e. The van der Waals surface area contributed by atoms with E-state index in [1.54, 1.807) is 36.5 Å². The zero-order chi connectivity index (χ0) is 21.8. The number of anilines is 1. The van der Waals surface area contributed by atoms with Crippen LogP contribution in [0.5, 0.6) is 5.75 Å². The molecule has 1 amide bonds. The van der Waals surface area contributed by atoms with E-state index in [4.69, 9.17) is 20.8 Å². The highest BCUT2D eigenvalue weighted by Crippen LogP contribution is 2.21. The summed E-state index contributed by atoms with van der Waals surface area (Å²) in [6, 6.07) is 17.0. The molecule has 1 N–H and O–H groups in total. The molecule has 4 rings (SSSR count). The molecular weight excluding hydrogens is 536 g/mol. The Kier molecular flexibility index (Phi) is 6.57. The Labute approximate surface area is 196 Å². The first-order chi connectivity index (χ1) is 15.0. The minimum atomic E-state index is -0.449. The summed E-state index contributed by atoms with van der Waals surface area (Å²) in [7, 11) is 0. The van der Waals surface area contributed by atoms with Crippen molar-refractivity contribution in [3.63, 3.8) is 0 Å². The highest BCUT2D eigenvalue weighted by atomic mass is 127. The molecule has 0 aliphatic heterocycles. The highest BCUT2D eigenvalue weighted by molar-refractivity contribution is 14.1. The summed E-state index contributed by atoms with van der Waals surface area (Å²) in [6.45, 7) is 0.341. The van der Waals surface area contributed by atoms with Crippen molar-refractivity contribution in [2.45, 2.75) is 13.2 Å². The maximum absolute atomic E-state index is 13.9. The molecule has 0 radical (unpaired) electrons. The number of carbonyl (C=O) groups is 1. The van der Waals surface area contributed by atoms with Gasteiger partial charge < -0.3 is 14.5 Å². The Balaban J connectivity index is 1.35. The van der Waals surface area contributed by atoms with Crippen molar-refractivity contribution in [2.75, 3.05) is 5.32 Å². The molecule has 0 bridgehead atoms. The number of ether oxygens (including phenoxy) is 1. The molecule has 0 unspecified atom stereocenters. The van der Waals surface area contributed by atoms with Crippen LogP contribution >= 0.6 is 34.2 Å². The lowest BCUT2D eigenvalue weighted by molar-refractivity contribution is 0.0992. The fourth-order valence-corrected chi connectivity index (χ4v) is 3.38. The molecule has 0 saturated carbocycles. The highest BCUT2D eigenvalue weighted by Gasteiger charge is 2.14. The molecule has 4 aromatic rings. The number of nitrogens with one attached hydrogen (secondary N) is 1. The van der Waals surface area contributed by atoms with Gasteiger partial charge in [-0.15, -0.1) is 0 Å². The molecular formula is C22H16ClFIN3O3. The number of hydrogen-bond acceptors (Lipinski definition) is 4. The topological polar surface area (TPSA) is 69.3 Å². The minimum absolute atomic E-state index is 0.132. The van der Waals surface area contributed by atoms with Crippen molar-refractivity contribution in [2.24, 2.45) is 0 Å². The van der Waals surface area contributed by atoms with Gasteiger partial charge in [0.2, 0.25) is 0 Å². The van der Waals surface area contributed by atoms with Gasteiger partial charge in [0.25, 0.3) is 5.91 Å². The summed E-state index contributed by atoms with van der Waals surface area (Å²) >= 11 is 8.27. The lowest BCUT2D eigenvalue weighted by Crippen LogP contribution is -2.12. The van der Waals surface area contributed by atoms with Crippen LogP contribution in [-0.2, 0) is 13.2 Å². The van der Waals surface area contributed by atoms with E-state index in [1.165, 1.54) is 10.7 Å². The molecule has 0 aliphatic carbocycles. The van der Waals surface area contributed by atoms with Crippen LogP contribution in [0.15, 0.2) is 71.3 Å². The Hall–Kier alpha value is -2.85. The van der Waals surface area contributed by atoms with Crippen molar-refractivity contribution in [3.8, 4) is 5.75 Å². The molecule has 9 heteroatoms. The fraction of sp³-hybridized carbons (Fsp3) is 0.0909. The van der Waals surface area contributed by atoms with E-state index in [1.807, 2.05) is 24.3 Å². The fourth-order valence-electron chi connectivity index (χ4n) is 2.80. The van der Waals surface area contributed by atoms with Crippen LogP contribution in [0.1, 0.15) is 21.9 Å². The Morgan fingerprint density at radius 2 is 1.97 bits per heavy atom. The number of benzene rings is 2. The summed E-state index contributed by atoms with van der Waals surface area (Å²) in [5.41, 5.74) is 0.328. The zero-order valence-electron chi connectivity index (χ0n) is 16.0. The average molecular weight is 552 g/mol. The van der Waals surface area contributed by atoms with Crippen LogP contribution in [-0.4, -0.2) is 15.7 Å². The van der Waals surface area contributed by atoms with Gasteiger partial charge in [-0.1, -0.05) is 17.7 Å². The lowest BCUT2D eigenvalue weighted by atomic mass is 10.2. The monoisotopic (exact) mass is 551 g/mol. The van der Waals surface area contributed by atoms with Crippen molar-refractivity contribution < 1.29 is 18.3 Å². The van der Waals surface area contributed by atoms with E-state index in [0.717, 1.165) is 3.57 Å². The normalized spacial score (nSPS) is 10.8. The molecule has 0 fully saturated rings. The Morgan fingerprint density at radius 3 is 2.74 bits per heavy atom. The summed E-state index contributed by atoms with van der Waals surface area (Å²) in [4.78, 5) is 12.4. The molecule has 2 heterocycles. The van der Waals surface area contributed by atoms with Crippen molar-refractivity contribution in [1.82, 2.24) is 9.78 Å². The molecule has 31 heavy (non-hydrogen) atoms. The molecule has 0 spiro atoms. The molecule has 0 saturated heterocycles. The van der Waals surface area contributed by atoms with E-state index in [-0.39, 0.29) is 18.9 Å². The number of carbonyl (C=O) groups excluding carboxylic acids is 1. The van der Waals surface area contributed by atoms with Crippen LogP contribution in [0.3, 0.4) is 0 Å². The van der Waals surface area contributed by atoms with Gasteiger partial charge >= 0.3 is 0 Å². The first-order valence-corrected chi connectivity index (χ1v) is 10.7. The maximum atomic E-state index is 13.9. The third kappa shape index (κ3) is 5.45. The van der Waals surface area contributed by atoms with Gasteiger partial charge in [0.05, 0.1) is 6.54 Å². The summed E-state index contributed by atoms with van der Waals surface area (Å²) in [5, 5.41) is 7.21. The van der Waals surface area contributed by atoms with Gasteiger partial charge in [-0.2, -0.15) is 5.10 Å². The number of furan rings is 1. The first-order valence-electron chi connectivity index (χ1n) is 9.23. The summed E-state index contributed by atoms with van der Waals surface area (Å²) < 4.78 is 27.8. The van der Waals surface area contributed by atoms with E-state index in [0.29, 0.717) is 27.9 Å². The molecule has 2 aromatic heterocycles. The molecule has 2 aromatic carbocycles. The minimum Gasteiger partial charge on any atom is -0.486 e. The van der Waals surface area contributed by atoms with Gasteiger partial charge in [0.15, 0.2) is 11.6 Å². The quantitative estimate of drug-likeness (QED) is 0.297. The van der Waals surface area contributed by atoms with Crippen LogP contribution < -0.4 is 10.1 Å². The van der Waals surface area contributed by atoms with Gasteiger partial charge in [0.1, 0.15) is 23.9 Å². The van der Waals surface area contributed by atoms with Gasteiger partial charge in [-0.25, -0.2) is 4.39 Å². The molecule has 0 aliphatic rings. The van der Waals surface area contributed by atoms with E-state index >= 15 is 0 Å². The molecule has 6 nitrogen and oxygen atoms in total. The lowest BCUT2D eigenvalue weighted by Gasteiger charge is -2.06. The predicted octanol–water partition coefficient (Wildman–Crippen LogP) is 5.75. The number of rotatable bonds is 7. The second kappa shape index (κ2) is 9.52. The van der Waals surface area contributed by atoms with Crippen LogP contribution in [0, 0.1) is 9.39 Å². The van der Waals surface area contributed by atoms with Gasteiger partial charge in [0, 0.05) is 26.4 Å². The second-order valence-corrected chi connectivity index (χ2v) is 8.21. The van der Waals surface area contributed by atoms with Crippen molar-refractivity contribution in [3.05, 3.63) is 98.4 Å². The third-order valence-electron chi connectivity index (χ3n) is 4.34. The summed E-state index contributed by atoms with van der Waals surface area (Å²) in [5.74, 6) is 0.809. The molecule has 158 valence electrons. The average Bonchev–Trinajstić information content (AvgIpc) is 3.40. The number of halogens is 3. The number of hydrogen-bond donors (Lipinski definition) is 1. The standard InChI is InChI=1S/C22H16ClFIN3O3/c23-18-2-1-3-19(24)17(18)12-28-11-10-21(27-28)26-22(29)20-9-8-16(31-20)13-30-15-6-4-14(25)5-7-15/h1-11H,12-13H2,(H,26,27,29). The van der Waals surface area contributed by atoms with Gasteiger partial charge in [-0.05, 0) is 71.1 Å². The van der Waals surface area contributed by atoms with Crippen LogP contribution in [0.25, 0.3) is 0 Å². The van der Waals surface area contributed by atoms with E-state index in [2.05, 4.69) is 33.0 Å². The number of aromatic nitrogens is 2.